The summed E-state index contributed by atoms with van der Waals surface area (Å²) < 4.78 is 0. The lowest BCUT2D eigenvalue weighted by Crippen LogP contribution is -2.61. The Labute approximate surface area is 89.3 Å². The molecule has 0 rings (SSSR count). The molecule has 0 aromatic carbocycles. The second kappa shape index (κ2) is 5.67. The van der Waals surface area contributed by atoms with Gasteiger partial charge in [0.05, 0.1) is 0 Å². The van der Waals surface area contributed by atoms with E-state index < -0.39 is 23.5 Å². The van der Waals surface area contributed by atoms with Crippen molar-refractivity contribution in [2.24, 2.45) is 11.5 Å². The van der Waals surface area contributed by atoms with Crippen molar-refractivity contribution in [3.63, 3.8) is 0 Å². The van der Waals surface area contributed by atoms with Crippen LogP contribution in [0.1, 0.15) is 33.6 Å². The predicted molar refractivity (Wildman–Crippen MR) is 55.4 cm³/mol. The molecule has 15 heavy (non-hydrogen) atoms. The molecule has 6 nitrogen and oxygen atoms in total. The van der Waals surface area contributed by atoms with E-state index in [0.717, 1.165) is 0 Å². The third-order valence-electron chi connectivity index (χ3n) is 2.15. The maximum Gasteiger partial charge on any atom is 0.332 e. The third-order valence-corrected chi connectivity index (χ3v) is 2.15. The van der Waals surface area contributed by atoms with Crippen LogP contribution in [0.4, 0.5) is 0 Å². The Hall–Kier alpha value is -1.14. The number of carbonyl (C=O) groups is 2. The van der Waals surface area contributed by atoms with Crippen molar-refractivity contribution in [2.45, 2.75) is 45.2 Å². The van der Waals surface area contributed by atoms with E-state index in [4.69, 9.17) is 11.5 Å². The molecular formula is C9H19N3O3. The number of carbonyl (C=O) groups excluding carboxylic acids is 2. The summed E-state index contributed by atoms with van der Waals surface area (Å²) in [5.74, 6) is -1.10. The van der Waals surface area contributed by atoms with Crippen LogP contribution < -0.4 is 16.9 Å². The summed E-state index contributed by atoms with van der Waals surface area (Å²) in [5.41, 5.74) is 11.9. The van der Waals surface area contributed by atoms with E-state index in [1.54, 1.807) is 6.92 Å². The molecule has 0 spiro atoms. The van der Waals surface area contributed by atoms with Crippen LogP contribution in [0.2, 0.25) is 0 Å². The molecule has 2 unspecified atom stereocenters. The molecule has 1 amide bonds. The van der Waals surface area contributed by atoms with E-state index in [2.05, 4.69) is 4.84 Å². The number of hydrogen-bond acceptors (Lipinski definition) is 5. The van der Waals surface area contributed by atoms with Crippen molar-refractivity contribution in [3.8, 4) is 0 Å². The minimum atomic E-state index is -1.26. The molecule has 0 aliphatic rings. The summed E-state index contributed by atoms with van der Waals surface area (Å²) in [6, 6.07) is -0.539. The molecular weight excluding hydrogens is 198 g/mol. The number of hydroxylamine groups is 1. The second-order valence-corrected chi connectivity index (χ2v) is 3.73. The average molecular weight is 217 g/mol. The average Bonchev–Trinajstić information content (AvgIpc) is 2.14. The van der Waals surface area contributed by atoms with E-state index in [9.17, 15) is 9.59 Å². The first-order chi connectivity index (χ1) is 6.82. The van der Waals surface area contributed by atoms with Gasteiger partial charge in [-0.2, -0.15) is 5.48 Å². The smallest absolute Gasteiger partial charge is 0.332 e. The number of amides is 1. The highest BCUT2D eigenvalue weighted by Crippen LogP contribution is 2.03. The summed E-state index contributed by atoms with van der Waals surface area (Å²) in [5, 5.41) is 0. The lowest BCUT2D eigenvalue weighted by molar-refractivity contribution is -0.160. The van der Waals surface area contributed by atoms with Crippen molar-refractivity contribution >= 4 is 11.9 Å². The van der Waals surface area contributed by atoms with Gasteiger partial charge in [0.2, 0.25) is 0 Å². The Balaban J connectivity index is 4.09. The molecule has 0 fully saturated rings. The summed E-state index contributed by atoms with van der Waals surface area (Å²) in [7, 11) is 0. The molecule has 6 heteroatoms. The highest BCUT2D eigenvalue weighted by Gasteiger charge is 2.33. The lowest BCUT2D eigenvalue weighted by Gasteiger charge is -2.26. The minimum absolute atomic E-state index is 0.250. The van der Waals surface area contributed by atoms with Crippen molar-refractivity contribution in [2.75, 3.05) is 0 Å². The summed E-state index contributed by atoms with van der Waals surface area (Å²) in [6.45, 7) is 4.91. The minimum Gasteiger partial charge on any atom is -0.341 e. The first kappa shape index (κ1) is 13.9. The molecule has 0 aliphatic heterocycles. The molecule has 0 heterocycles. The van der Waals surface area contributed by atoms with Gasteiger partial charge in [-0.3, -0.25) is 4.79 Å². The summed E-state index contributed by atoms with van der Waals surface area (Å²) >= 11 is 0. The van der Waals surface area contributed by atoms with Crippen LogP contribution in [-0.4, -0.2) is 23.5 Å². The number of rotatable bonds is 4. The quantitative estimate of drug-likeness (QED) is 0.546. The zero-order valence-corrected chi connectivity index (χ0v) is 9.37. The van der Waals surface area contributed by atoms with Crippen molar-refractivity contribution in [1.29, 1.82) is 0 Å². The van der Waals surface area contributed by atoms with E-state index in [1.165, 1.54) is 6.92 Å². The maximum absolute atomic E-state index is 11.4. The van der Waals surface area contributed by atoms with Crippen molar-refractivity contribution < 1.29 is 14.4 Å². The van der Waals surface area contributed by atoms with Gasteiger partial charge in [0.1, 0.15) is 5.54 Å². The van der Waals surface area contributed by atoms with Gasteiger partial charge in [-0.05, 0) is 20.3 Å². The fourth-order valence-electron chi connectivity index (χ4n) is 0.675. The molecule has 0 aromatic heterocycles. The van der Waals surface area contributed by atoms with E-state index in [1.807, 2.05) is 12.4 Å². The molecule has 0 saturated heterocycles. The van der Waals surface area contributed by atoms with Crippen LogP contribution in [0.3, 0.4) is 0 Å². The second-order valence-electron chi connectivity index (χ2n) is 3.73. The van der Waals surface area contributed by atoms with Crippen LogP contribution in [0, 0.1) is 0 Å². The first-order valence-corrected chi connectivity index (χ1v) is 4.87. The normalized spacial score (nSPS) is 16.3. The number of hydrogen-bond donors (Lipinski definition) is 3. The topological polar surface area (TPSA) is 107 Å². The third kappa shape index (κ3) is 4.26. The van der Waals surface area contributed by atoms with Gasteiger partial charge in [0.15, 0.2) is 0 Å². The van der Waals surface area contributed by atoms with E-state index in [-0.39, 0.29) is 6.42 Å². The van der Waals surface area contributed by atoms with Gasteiger partial charge >= 0.3 is 5.97 Å². The molecule has 0 radical (unpaired) electrons. The molecule has 0 aromatic rings. The highest BCUT2D eigenvalue weighted by molar-refractivity contribution is 5.86. The monoisotopic (exact) mass is 217 g/mol. The van der Waals surface area contributed by atoms with Gasteiger partial charge < -0.3 is 16.3 Å². The fraction of sp³-hybridized carbons (Fsp3) is 0.778. The van der Waals surface area contributed by atoms with Crippen molar-refractivity contribution in [1.82, 2.24) is 5.48 Å². The molecule has 2 atom stereocenters. The Morgan fingerprint density at radius 3 is 2.47 bits per heavy atom. The zero-order chi connectivity index (χ0) is 12.1. The Bertz CT molecular complexity index is 239. The summed E-state index contributed by atoms with van der Waals surface area (Å²) in [4.78, 5) is 26.9. The van der Waals surface area contributed by atoms with E-state index >= 15 is 0 Å². The molecule has 0 bridgehead atoms. The van der Waals surface area contributed by atoms with E-state index in [0.29, 0.717) is 6.42 Å². The number of nitrogens with two attached hydrogens (primary N) is 2. The Morgan fingerprint density at radius 2 is 2.07 bits per heavy atom. The van der Waals surface area contributed by atoms with Gasteiger partial charge in [0.25, 0.3) is 5.91 Å². The van der Waals surface area contributed by atoms with Gasteiger partial charge in [-0.15, -0.1) is 0 Å². The molecule has 5 N–H and O–H groups in total. The van der Waals surface area contributed by atoms with Crippen LogP contribution in [-0.2, 0) is 14.4 Å². The molecule has 88 valence electrons. The van der Waals surface area contributed by atoms with Gasteiger partial charge in [-0.1, -0.05) is 6.92 Å². The first-order valence-electron chi connectivity index (χ1n) is 4.87. The largest absolute Gasteiger partial charge is 0.341 e. The van der Waals surface area contributed by atoms with Crippen molar-refractivity contribution in [3.05, 3.63) is 0 Å². The van der Waals surface area contributed by atoms with Crippen LogP contribution in [0.25, 0.3) is 0 Å². The predicted octanol–water partition coefficient (Wildman–Crippen LogP) is -0.574. The van der Waals surface area contributed by atoms with Crippen LogP contribution in [0.15, 0.2) is 0 Å². The zero-order valence-electron chi connectivity index (χ0n) is 9.37. The number of nitrogens with one attached hydrogen (secondary N) is 1. The Kier molecular flexibility index (Phi) is 5.24. The van der Waals surface area contributed by atoms with Crippen LogP contribution >= 0.6 is 0 Å². The standard InChI is InChI=1S/C9H19N3O3/c1-4-5-7(13)15-12-8(14)9(3,11)6(2)10/h6H,4-5,10-11H2,1-3H3,(H,12,14). The fourth-order valence-corrected chi connectivity index (χ4v) is 0.675. The maximum atomic E-state index is 11.4. The summed E-state index contributed by atoms with van der Waals surface area (Å²) in [6.07, 6.45) is 0.904. The lowest BCUT2D eigenvalue weighted by atomic mass is 9.95. The van der Waals surface area contributed by atoms with Gasteiger partial charge in [-0.25, -0.2) is 4.79 Å². The van der Waals surface area contributed by atoms with Crippen LogP contribution in [0.5, 0.6) is 0 Å². The SMILES string of the molecule is CCCC(=O)ONC(=O)C(C)(N)C(C)N. The molecule has 0 saturated carbocycles. The highest BCUT2D eigenvalue weighted by atomic mass is 16.7. The van der Waals surface area contributed by atoms with Gasteiger partial charge in [0, 0.05) is 12.5 Å². The Morgan fingerprint density at radius 1 is 1.53 bits per heavy atom. The molecule has 0 aliphatic carbocycles.